The summed E-state index contributed by atoms with van der Waals surface area (Å²) in [6, 6.07) is 16.5. The first-order valence-corrected chi connectivity index (χ1v) is 11.6. The van der Waals surface area contributed by atoms with Crippen molar-refractivity contribution in [2.75, 3.05) is 73.5 Å². The van der Waals surface area contributed by atoms with Crippen molar-refractivity contribution in [2.45, 2.75) is 11.3 Å². The van der Waals surface area contributed by atoms with Crippen LogP contribution in [-0.2, 0) is 14.3 Å². The van der Waals surface area contributed by atoms with Crippen LogP contribution in [0.5, 0.6) is 0 Å². The number of rotatable bonds is 7. The number of thioether (sulfide) groups is 1. The molecule has 2 aromatic rings. The maximum atomic E-state index is 12.6. The fourth-order valence-electron chi connectivity index (χ4n) is 3.70. The van der Waals surface area contributed by atoms with Crippen LogP contribution >= 0.6 is 11.8 Å². The lowest BCUT2D eigenvalue weighted by atomic mass is 10.1. The van der Waals surface area contributed by atoms with Crippen molar-refractivity contribution in [1.82, 2.24) is 0 Å². The number of ether oxygens (including phenoxy) is 2. The Hall–Kier alpha value is -2.22. The molecule has 0 saturated carbocycles. The second kappa shape index (κ2) is 10.7. The molecule has 1 N–H and O–H groups in total. The van der Waals surface area contributed by atoms with Gasteiger partial charge < -0.3 is 24.6 Å². The summed E-state index contributed by atoms with van der Waals surface area (Å²) in [7, 11) is 0. The van der Waals surface area contributed by atoms with Gasteiger partial charge in [0, 0.05) is 48.9 Å². The zero-order chi connectivity index (χ0) is 20.6. The molecule has 0 aromatic heterocycles. The second-order valence-electron chi connectivity index (χ2n) is 7.36. The fraction of sp³-hybridized carbons (Fsp3) is 0.435. The van der Waals surface area contributed by atoms with Gasteiger partial charge in [0.1, 0.15) is 0 Å². The zero-order valence-electron chi connectivity index (χ0n) is 17.2. The third-order valence-corrected chi connectivity index (χ3v) is 6.34. The molecule has 2 fully saturated rings. The molecule has 6 nitrogen and oxygen atoms in total. The number of nitrogens with zero attached hydrogens (tertiary/aromatic N) is 2. The molecule has 30 heavy (non-hydrogen) atoms. The first kappa shape index (κ1) is 21.0. The number of amides is 1. The summed E-state index contributed by atoms with van der Waals surface area (Å²) in [5.41, 5.74) is 3.13. The van der Waals surface area contributed by atoms with E-state index in [-0.39, 0.29) is 5.91 Å². The van der Waals surface area contributed by atoms with Crippen LogP contribution in [0.1, 0.15) is 6.42 Å². The molecule has 7 heteroatoms. The zero-order valence-corrected chi connectivity index (χ0v) is 18.0. The van der Waals surface area contributed by atoms with E-state index in [4.69, 9.17) is 9.47 Å². The smallest absolute Gasteiger partial charge is 0.225 e. The van der Waals surface area contributed by atoms with Gasteiger partial charge in [-0.1, -0.05) is 18.2 Å². The Kier molecular flexibility index (Phi) is 7.50. The first-order valence-electron chi connectivity index (χ1n) is 10.6. The average molecular weight is 428 g/mol. The van der Waals surface area contributed by atoms with Crippen molar-refractivity contribution in [3.63, 3.8) is 0 Å². The summed E-state index contributed by atoms with van der Waals surface area (Å²) in [6.07, 6.45) is 0.479. The molecule has 160 valence electrons. The highest BCUT2D eigenvalue weighted by Crippen LogP contribution is 2.32. The van der Waals surface area contributed by atoms with E-state index in [1.807, 2.05) is 24.3 Å². The van der Waals surface area contributed by atoms with Crippen LogP contribution in [0.15, 0.2) is 53.4 Å². The van der Waals surface area contributed by atoms with Crippen molar-refractivity contribution in [3.8, 4) is 0 Å². The van der Waals surface area contributed by atoms with Crippen LogP contribution in [0.4, 0.5) is 17.1 Å². The Morgan fingerprint density at radius 1 is 0.900 bits per heavy atom. The number of benzene rings is 2. The van der Waals surface area contributed by atoms with Gasteiger partial charge in [0.2, 0.25) is 5.91 Å². The predicted molar refractivity (Wildman–Crippen MR) is 123 cm³/mol. The lowest BCUT2D eigenvalue weighted by Crippen LogP contribution is -2.38. The molecule has 2 heterocycles. The molecule has 4 rings (SSSR count). The first-order chi connectivity index (χ1) is 14.8. The van der Waals surface area contributed by atoms with E-state index in [0.29, 0.717) is 19.6 Å². The van der Waals surface area contributed by atoms with E-state index in [2.05, 4.69) is 39.4 Å². The standard InChI is InChI=1S/C23H29N3O3S/c27-23(8-17-30-20-4-2-1-3-5-20)24-21-7-6-19(25-9-13-28-14-10-25)18-22(21)26-11-15-29-16-12-26/h1-7,18H,8-17H2,(H,24,27). The third-order valence-electron chi connectivity index (χ3n) is 5.32. The van der Waals surface area contributed by atoms with Gasteiger partial charge in [0.15, 0.2) is 0 Å². The van der Waals surface area contributed by atoms with Crippen molar-refractivity contribution in [1.29, 1.82) is 0 Å². The molecular formula is C23H29N3O3S. The van der Waals surface area contributed by atoms with Gasteiger partial charge in [-0.25, -0.2) is 0 Å². The largest absolute Gasteiger partial charge is 0.378 e. The van der Waals surface area contributed by atoms with Gasteiger partial charge in [0.05, 0.1) is 37.8 Å². The molecule has 2 saturated heterocycles. The molecule has 1 amide bonds. The van der Waals surface area contributed by atoms with Gasteiger partial charge in [-0.05, 0) is 30.3 Å². The lowest BCUT2D eigenvalue weighted by molar-refractivity contribution is -0.115. The van der Waals surface area contributed by atoms with Gasteiger partial charge >= 0.3 is 0 Å². The van der Waals surface area contributed by atoms with Crippen molar-refractivity contribution >= 4 is 34.7 Å². The van der Waals surface area contributed by atoms with E-state index < -0.39 is 0 Å². The molecule has 0 radical (unpaired) electrons. The van der Waals surface area contributed by atoms with Crippen LogP contribution in [0.25, 0.3) is 0 Å². The predicted octanol–water partition coefficient (Wildman–Crippen LogP) is 3.48. The number of hydrogen-bond acceptors (Lipinski definition) is 6. The minimum Gasteiger partial charge on any atom is -0.378 e. The average Bonchev–Trinajstić information content (AvgIpc) is 2.81. The molecule has 0 atom stereocenters. The lowest BCUT2D eigenvalue weighted by Gasteiger charge is -2.33. The van der Waals surface area contributed by atoms with Gasteiger partial charge in [-0.15, -0.1) is 11.8 Å². The molecular weight excluding hydrogens is 398 g/mol. The van der Waals surface area contributed by atoms with E-state index in [9.17, 15) is 4.79 Å². The van der Waals surface area contributed by atoms with E-state index in [1.165, 1.54) is 10.6 Å². The number of morpholine rings is 2. The molecule has 2 aliphatic heterocycles. The minimum absolute atomic E-state index is 0.0482. The number of nitrogens with one attached hydrogen (secondary N) is 1. The number of anilines is 3. The number of carbonyl (C=O) groups excluding carboxylic acids is 1. The quantitative estimate of drug-likeness (QED) is 0.683. The molecule has 0 aliphatic carbocycles. The summed E-state index contributed by atoms with van der Waals surface area (Å²) < 4.78 is 11.0. The van der Waals surface area contributed by atoms with Crippen LogP contribution < -0.4 is 15.1 Å². The summed E-state index contributed by atoms with van der Waals surface area (Å²) in [5.74, 6) is 0.807. The highest BCUT2D eigenvalue weighted by atomic mass is 32.2. The van der Waals surface area contributed by atoms with Crippen LogP contribution in [0.3, 0.4) is 0 Å². The number of hydrogen-bond donors (Lipinski definition) is 1. The molecule has 2 aliphatic rings. The Morgan fingerprint density at radius 2 is 1.57 bits per heavy atom. The Labute approximate surface area is 182 Å². The minimum atomic E-state index is 0.0482. The summed E-state index contributed by atoms with van der Waals surface area (Å²) >= 11 is 1.71. The van der Waals surface area contributed by atoms with Crippen molar-refractivity contribution < 1.29 is 14.3 Å². The maximum Gasteiger partial charge on any atom is 0.225 e. The van der Waals surface area contributed by atoms with Crippen LogP contribution in [0.2, 0.25) is 0 Å². The molecule has 0 unspecified atom stereocenters. The normalized spacial score (nSPS) is 17.1. The maximum absolute atomic E-state index is 12.6. The SMILES string of the molecule is O=C(CCSc1ccccc1)Nc1ccc(N2CCOCC2)cc1N1CCOCC1. The van der Waals surface area contributed by atoms with Crippen molar-refractivity contribution in [2.24, 2.45) is 0 Å². The topological polar surface area (TPSA) is 54.0 Å². The molecule has 0 spiro atoms. The molecule has 0 bridgehead atoms. The van der Waals surface area contributed by atoms with E-state index >= 15 is 0 Å². The summed E-state index contributed by atoms with van der Waals surface area (Å²) in [5, 5.41) is 3.15. The summed E-state index contributed by atoms with van der Waals surface area (Å²) in [4.78, 5) is 18.5. The van der Waals surface area contributed by atoms with Gasteiger partial charge in [-0.3, -0.25) is 4.79 Å². The monoisotopic (exact) mass is 427 g/mol. The highest BCUT2D eigenvalue weighted by molar-refractivity contribution is 7.99. The fourth-order valence-corrected chi connectivity index (χ4v) is 4.57. The van der Waals surface area contributed by atoms with Crippen LogP contribution in [0, 0.1) is 0 Å². The second-order valence-corrected chi connectivity index (χ2v) is 8.53. The Morgan fingerprint density at radius 3 is 2.27 bits per heavy atom. The Bertz CT molecular complexity index is 822. The van der Waals surface area contributed by atoms with Gasteiger partial charge in [-0.2, -0.15) is 0 Å². The van der Waals surface area contributed by atoms with Crippen LogP contribution in [-0.4, -0.2) is 64.3 Å². The third kappa shape index (κ3) is 5.68. The van der Waals surface area contributed by atoms with E-state index in [1.54, 1.807) is 11.8 Å². The van der Waals surface area contributed by atoms with E-state index in [0.717, 1.165) is 56.5 Å². The van der Waals surface area contributed by atoms with Crippen molar-refractivity contribution in [3.05, 3.63) is 48.5 Å². The highest BCUT2D eigenvalue weighted by Gasteiger charge is 2.19. The molecule has 2 aromatic carbocycles. The summed E-state index contributed by atoms with van der Waals surface area (Å²) in [6.45, 7) is 6.38. The van der Waals surface area contributed by atoms with Gasteiger partial charge in [0.25, 0.3) is 0 Å². The Balaban J connectivity index is 1.43. The number of carbonyl (C=O) groups is 1.